The second-order valence-electron chi connectivity index (χ2n) is 6.51. The molecule has 0 saturated carbocycles. The monoisotopic (exact) mass is 348 g/mol. The maximum Gasteiger partial charge on any atom is 0.153 e. The van der Waals surface area contributed by atoms with Crippen molar-refractivity contribution in [3.8, 4) is 0 Å². The molecular formula is C20H24N6. The topological polar surface area (TPSA) is 102 Å². The van der Waals surface area contributed by atoms with Gasteiger partial charge in [0.15, 0.2) is 11.6 Å². The molecule has 3 rings (SSSR count). The van der Waals surface area contributed by atoms with E-state index in [4.69, 9.17) is 11.5 Å². The van der Waals surface area contributed by atoms with Crippen LogP contribution in [-0.2, 0) is 0 Å². The van der Waals surface area contributed by atoms with Gasteiger partial charge < -0.3 is 22.1 Å². The van der Waals surface area contributed by atoms with Gasteiger partial charge in [-0.1, -0.05) is 6.07 Å². The van der Waals surface area contributed by atoms with E-state index in [-0.39, 0.29) is 0 Å². The zero-order valence-corrected chi connectivity index (χ0v) is 15.5. The van der Waals surface area contributed by atoms with Crippen LogP contribution in [0.25, 0.3) is 0 Å². The SMILES string of the molecule is Cc1ccc(N)c(Nc2cc(Nc3nc(C)ccc3N)c(C)cc2C)n1. The average molecular weight is 348 g/mol. The van der Waals surface area contributed by atoms with Crippen molar-refractivity contribution in [2.24, 2.45) is 0 Å². The predicted molar refractivity (Wildman–Crippen MR) is 109 cm³/mol. The van der Waals surface area contributed by atoms with Gasteiger partial charge >= 0.3 is 0 Å². The van der Waals surface area contributed by atoms with Gasteiger partial charge in [0.1, 0.15) is 0 Å². The van der Waals surface area contributed by atoms with Gasteiger partial charge in [0.05, 0.1) is 11.4 Å². The summed E-state index contributed by atoms with van der Waals surface area (Å²) in [6, 6.07) is 11.6. The maximum atomic E-state index is 6.05. The summed E-state index contributed by atoms with van der Waals surface area (Å²) in [4.78, 5) is 8.96. The predicted octanol–water partition coefficient (Wildman–Crippen LogP) is 4.36. The molecule has 0 atom stereocenters. The van der Waals surface area contributed by atoms with Crippen molar-refractivity contribution in [2.75, 3.05) is 22.1 Å². The number of benzene rings is 1. The molecule has 0 bridgehead atoms. The Hall–Kier alpha value is -3.28. The zero-order valence-electron chi connectivity index (χ0n) is 15.5. The van der Waals surface area contributed by atoms with Gasteiger partial charge in [-0.15, -0.1) is 0 Å². The Morgan fingerprint density at radius 1 is 0.654 bits per heavy atom. The number of nitrogens with zero attached hydrogens (tertiary/aromatic N) is 2. The molecule has 6 nitrogen and oxygen atoms in total. The highest BCUT2D eigenvalue weighted by molar-refractivity contribution is 5.77. The Labute approximate surface area is 153 Å². The normalized spacial score (nSPS) is 10.6. The summed E-state index contributed by atoms with van der Waals surface area (Å²) in [5.74, 6) is 1.30. The van der Waals surface area contributed by atoms with E-state index in [1.807, 2.05) is 58.0 Å². The van der Waals surface area contributed by atoms with E-state index < -0.39 is 0 Å². The molecule has 0 radical (unpaired) electrons. The first-order chi connectivity index (χ1) is 12.3. The largest absolute Gasteiger partial charge is 0.396 e. The van der Waals surface area contributed by atoms with Crippen molar-refractivity contribution in [3.63, 3.8) is 0 Å². The van der Waals surface area contributed by atoms with Crippen molar-refractivity contribution in [1.29, 1.82) is 0 Å². The summed E-state index contributed by atoms with van der Waals surface area (Å²) in [7, 11) is 0. The van der Waals surface area contributed by atoms with E-state index in [1.54, 1.807) is 0 Å². The van der Waals surface area contributed by atoms with Crippen molar-refractivity contribution in [2.45, 2.75) is 27.7 Å². The Balaban J connectivity index is 1.96. The van der Waals surface area contributed by atoms with Crippen LogP contribution in [0, 0.1) is 27.7 Å². The summed E-state index contributed by atoms with van der Waals surface area (Å²) in [5.41, 5.74) is 19.2. The lowest BCUT2D eigenvalue weighted by atomic mass is 10.1. The molecule has 26 heavy (non-hydrogen) atoms. The number of aromatic nitrogens is 2. The fraction of sp³-hybridized carbons (Fsp3) is 0.200. The van der Waals surface area contributed by atoms with Gasteiger partial charge in [0.25, 0.3) is 0 Å². The number of hydrogen-bond donors (Lipinski definition) is 4. The summed E-state index contributed by atoms with van der Waals surface area (Å²) in [6.45, 7) is 7.96. The van der Waals surface area contributed by atoms with Gasteiger partial charge in [-0.25, -0.2) is 9.97 Å². The van der Waals surface area contributed by atoms with E-state index in [2.05, 4.69) is 26.7 Å². The standard InChI is InChI=1S/C20H24N6/c1-11-9-12(2)18(26-20-16(22)8-6-14(4)24-20)10-17(11)25-19-15(21)7-5-13(3)23-19/h5-10H,21-22H2,1-4H3,(H,23,25)(H,24,26). The molecule has 134 valence electrons. The molecular weight excluding hydrogens is 324 g/mol. The molecule has 2 aromatic heterocycles. The van der Waals surface area contributed by atoms with Crippen LogP contribution in [0.5, 0.6) is 0 Å². The van der Waals surface area contributed by atoms with Crippen molar-refractivity contribution < 1.29 is 0 Å². The van der Waals surface area contributed by atoms with Crippen LogP contribution in [0.1, 0.15) is 22.5 Å². The van der Waals surface area contributed by atoms with Gasteiger partial charge in [0.2, 0.25) is 0 Å². The molecule has 6 N–H and O–H groups in total. The van der Waals surface area contributed by atoms with Crippen LogP contribution in [0.2, 0.25) is 0 Å². The lowest BCUT2D eigenvalue weighted by Crippen LogP contribution is -2.04. The number of nitrogens with one attached hydrogen (secondary N) is 2. The quantitative estimate of drug-likeness (QED) is 0.559. The maximum absolute atomic E-state index is 6.05. The highest BCUT2D eigenvalue weighted by Crippen LogP contribution is 2.31. The van der Waals surface area contributed by atoms with Crippen LogP contribution in [0.3, 0.4) is 0 Å². The van der Waals surface area contributed by atoms with Gasteiger partial charge in [0, 0.05) is 22.8 Å². The molecule has 0 amide bonds. The van der Waals surface area contributed by atoms with Crippen LogP contribution >= 0.6 is 0 Å². The van der Waals surface area contributed by atoms with E-state index in [1.165, 1.54) is 0 Å². The summed E-state index contributed by atoms with van der Waals surface area (Å²) in [6.07, 6.45) is 0. The first-order valence-electron chi connectivity index (χ1n) is 8.45. The molecule has 0 aliphatic rings. The minimum absolute atomic E-state index is 0.606. The Morgan fingerprint density at radius 3 is 1.50 bits per heavy atom. The number of pyridine rings is 2. The fourth-order valence-corrected chi connectivity index (χ4v) is 2.71. The number of aryl methyl sites for hydroxylation is 4. The second kappa shape index (κ2) is 6.92. The van der Waals surface area contributed by atoms with Crippen molar-refractivity contribution in [3.05, 3.63) is 58.9 Å². The second-order valence-corrected chi connectivity index (χ2v) is 6.51. The molecule has 6 heteroatoms. The van der Waals surface area contributed by atoms with Crippen LogP contribution in [-0.4, -0.2) is 9.97 Å². The van der Waals surface area contributed by atoms with E-state index in [9.17, 15) is 0 Å². The molecule has 0 aliphatic heterocycles. The number of nitrogen functional groups attached to an aromatic ring is 2. The lowest BCUT2D eigenvalue weighted by Gasteiger charge is -2.17. The van der Waals surface area contributed by atoms with Crippen LogP contribution in [0.15, 0.2) is 36.4 Å². The molecule has 1 aromatic carbocycles. The Kier molecular flexibility index (Phi) is 4.67. The first-order valence-corrected chi connectivity index (χ1v) is 8.45. The van der Waals surface area contributed by atoms with Gasteiger partial charge in [-0.05, 0) is 69.2 Å². The number of hydrogen-bond acceptors (Lipinski definition) is 6. The highest BCUT2D eigenvalue weighted by atomic mass is 15.0. The summed E-state index contributed by atoms with van der Waals surface area (Å²) < 4.78 is 0. The third kappa shape index (κ3) is 3.69. The van der Waals surface area contributed by atoms with Crippen molar-refractivity contribution >= 4 is 34.4 Å². The number of anilines is 6. The Morgan fingerprint density at radius 2 is 1.08 bits per heavy atom. The van der Waals surface area contributed by atoms with Crippen LogP contribution in [0.4, 0.5) is 34.4 Å². The lowest BCUT2D eigenvalue weighted by molar-refractivity contribution is 1.19. The summed E-state index contributed by atoms with van der Waals surface area (Å²) >= 11 is 0. The minimum Gasteiger partial charge on any atom is -0.396 e. The Bertz CT molecular complexity index is 890. The smallest absolute Gasteiger partial charge is 0.153 e. The molecule has 3 aromatic rings. The molecule has 0 spiro atoms. The third-order valence-electron chi connectivity index (χ3n) is 4.21. The molecule has 2 heterocycles. The zero-order chi connectivity index (χ0) is 18.8. The number of rotatable bonds is 4. The van der Waals surface area contributed by atoms with Gasteiger partial charge in [-0.2, -0.15) is 0 Å². The fourth-order valence-electron chi connectivity index (χ4n) is 2.71. The van der Waals surface area contributed by atoms with Crippen molar-refractivity contribution in [1.82, 2.24) is 9.97 Å². The molecule has 0 fully saturated rings. The van der Waals surface area contributed by atoms with E-state index in [0.717, 1.165) is 33.9 Å². The molecule has 0 saturated heterocycles. The van der Waals surface area contributed by atoms with Gasteiger partial charge in [-0.3, -0.25) is 0 Å². The first kappa shape index (κ1) is 17.5. The van der Waals surface area contributed by atoms with Crippen LogP contribution < -0.4 is 22.1 Å². The van der Waals surface area contributed by atoms with E-state index >= 15 is 0 Å². The molecule has 0 unspecified atom stereocenters. The number of nitrogens with two attached hydrogens (primary N) is 2. The average Bonchev–Trinajstić information content (AvgIpc) is 2.58. The van der Waals surface area contributed by atoms with E-state index in [0.29, 0.717) is 23.0 Å². The third-order valence-corrected chi connectivity index (χ3v) is 4.21. The molecule has 0 aliphatic carbocycles. The summed E-state index contributed by atoms with van der Waals surface area (Å²) in [5, 5.41) is 6.67. The minimum atomic E-state index is 0.606. The highest BCUT2D eigenvalue weighted by Gasteiger charge is 2.10.